The van der Waals surface area contributed by atoms with Gasteiger partial charge in [-0.05, 0) is 13.8 Å². The highest BCUT2D eigenvalue weighted by Gasteiger charge is 2.42. The second-order valence-electron chi connectivity index (χ2n) is 5.76. The van der Waals surface area contributed by atoms with Gasteiger partial charge in [-0.3, -0.25) is 0 Å². The zero-order valence-corrected chi connectivity index (χ0v) is 12.3. The molecule has 17 heavy (non-hydrogen) atoms. The molecule has 96 valence electrons. The summed E-state index contributed by atoms with van der Waals surface area (Å²) >= 11 is 0. The minimum Gasteiger partial charge on any atom is -0.378 e. The van der Waals surface area contributed by atoms with E-state index < -0.39 is 26.1 Å². The average Bonchev–Trinajstić information content (AvgIpc) is 2.49. The summed E-state index contributed by atoms with van der Waals surface area (Å²) in [5.74, 6) is 2.19. The first-order valence-electron chi connectivity index (χ1n) is 5.83. The molecule has 1 heterocycles. The fourth-order valence-electron chi connectivity index (χ4n) is 1.62. The summed E-state index contributed by atoms with van der Waals surface area (Å²) in [5, 5.41) is 10.0. The minimum atomic E-state index is -1.48. The van der Waals surface area contributed by atoms with Crippen molar-refractivity contribution in [1.29, 1.82) is 0 Å². The molecule has 3 nitrogen and oxygen atoms in total. The Bertz CT molecular complexity index is 346. The predicted octanol–water partition coefficient (Wildman–Crippen LogP) is 1.93. The van der Waals surface area contributed by atoms with E-state index in [1.807, 2.05) is 13.8 Å². The van der Waals surface area contributed by atoms with E-state index in [1.54, 1.807) is 6.08 Å². The second kappa shape index (κ2) is 4.95. The Morgan fingerprint density at radius 2 is 1.94 bits per heavy atom. The van der Waals surface area contributed by atoms with E-state index in [2.05, 4.69) is 37.7 Å². The average molecular weight is 254 g/mol. The Kier molecular flexibility index (Phi) is 4.21. The number of aliphatic hydroxyl groups is 1. The van der Waals surface area contributed by atoms with Gasteiger partial charge in [-0.2, -0.15) is 0 Å². The third-order valence-electron chi connectivity index (χ3n) is 2.30. The van der Waals surface area contributed by atoms with Gasteiger partial charge in [-0.1, -0.05) is 31.6 Å². The molecule has 0 aromatic rings. The van der Waals surface area contributed by atoms with Crippen molar-refractivity contribution in [2.75, 3.05) is 0 Å². The first-order valence-corrected chi connectivity index (χ1v) is 9.33. The van der Waals surface area contributed by atoms with Gasteiger partial charge in [0.2, 0.25) is 0 Å². The summed E-state index contributed by atoms with van der Waals surface area (Å²) in [5.41, 5.74) is 3.14. The molecule has 1 aliphatic rings. The lowest BCUT2D eigenvalue weighted by Gasteiger charge is -2.18. The number of hydrogen-bond acceptors (Lipinski definition) is 3. The molecule has 1 aliphatic heterocycles. The molecule has 1 rings (SSSR count). The van der Waals surface area contributed by atoms with Crippen molar-refractivity contribution in [1.82, 2.24) is 0 Å². The topological polar surface area (TPSA) is 38.7 Å². The molecular weight excluding hydrogens is 232 g/mol. The van der Waals surface area contributed by atoms with Crippen molar-refractivity contribution in [2.24, 2.45) is 0 Å². The molecule has 4 heteroatoms. The van der Waals surface area contributed by atoms with E-state index in [0.29, 0.717) is 0 Å². The lowest BCUT2D eigenvalue weighted by Crippen LogP contribution is -2.34. The van der Waals surface area contributed by atoms with Crippen LogP contribution in [0.15, 0.2) is 12.7 Å². The first kappa shape index (κ1) is 14.5. The predicted molar refractivity (Wildman–Crippen MR) is 71.2 cm³/mol. The highest BCUT2D eigenvalue weighted by molar-refractivity contribution is 6.83. The fraction of sp³-hybridized carbons (Fsp3) is 0.692. The molecular formula is C13H22O3Si. The van der Waals surface area contributed by atoms with Crippen molar-refractivity contribution in [3.05, 3.63) is 12.7 Å². The van der Waals surface area contributed by atoms with Crippen molar-refractivity contribution >= 4 is 8.07 Å². The van der Waals surface area contributed by atoms with E-state index in [1.165, 1.54) is 0 Å². The van der Waals surface area contributed by atoms with Crippen molar-refractivity contribution in [3.63, 3.8) is 0 Å². The van der Waals surface area contributed by atoms with Crippen molar-refractivity contribution < 1.29 is 14.6 Å². The minimum absolute atomic E-state index is 0.309. The van der Waals surface area contributed by atoms with E-state index in [4.69, 9.17) is 9.47 Å². The van der Waals surface area contributed by atoms with Gasteiger partial charge in [-0.15, -0.1) is 12.1 Å². The molecule has 0 saturated carbocycles. The van der Waals surface area contributed by atoms with E-state index >= 15 is 0 Å². The van der Waals surface area contributed by atoms with Crippen LogP contribution in [0.1, 0.15) is 13.8 Å². The van der Waals surface area contributed by atoms with Crippen LogP contribution in [-0.2, 0) is 9.47 Å². The molecule has 0 radical (unpaired) electrons. The van der Waals surface area contributed by atoms with Gasteiger partial charge in [-0.25, -0.2) is 0 Å². The Balaban J connectivity index is 2.78. The standard InChI is InChI=1S/C13H22O3Si/c1-7-11-12(16-13(2,3)15-11)10(14)8-9-17(4,5)6/h7,10-12,14H,1H2,2-6H3/t10-,11+,12-/m0/s1. The van der Waals surface area contributed by atoms with Crippen LogP contribution in [0.5, 0.6) is 0 Å². The Morgan fingerprint density at radius 1 is 1.35 bits per heavy atom. The van der Waals surface area contributed by atoms with Crippen LogP contribution in [0.25, 0.3) is 0 Å². The fourth-order valence-corrected chi connectivity index (χ4v) is 2.20. The van der Waals surface area contributed by atoms with Gasteiger partial charge in [0.25, 0.3) is 0 Å². The maximum atomic E-state index is 10.0. The zero-order valence-electron chi connectivity index (χ0n) is 11.3. The first-order chi connectivity index (χ1) is 7.64. The van der Waals surface area contributed by atoms with Crippen LogP contribution in [0.2, 0.25) is 19.6 Å². The van der Waals surface area contributed by atoms with E-state index in [9.17, 15) is 5.11 Å². The van der Waals surface area contributed by atoms with Crippen LogP contribution in [0.3, 0.4) is 0 Å². The third-order valence-corrected chi connectivity index (χ3v) is 3.20. The molecule has 0 unspecified atom stereocenters. The van der Waals surface area contributed by atoms with Gasteiger partial charge >= 0.3 is 0 Å². The number of aliphatic hydroxyl groups excluding tert-OH is 1. The van der Waals surface area contributed by atoms with Gasteiger partial charge in [0, 0.05) is 0 Å². The Labute approximate surface area is 105 Å². The maximum absolute atomic E-state index is 10.0. The van der Waals surface area contributed by atoms with Crippen LogP contribution < -0.4 is 0 Å². The molecule has 0 spiro atoms. The molecule has 0 aliphatic carbocycles. The molecule has 1 N–H and O–H groups in total. The van der Waals surface area contributed by atoms with E-state index in [-0.39, 0.29) is 6.10 Å². The Morgan fingerprint density at radius 3 is 2.41 bits per heavy atom. The smallest absolute Gasteiger partial charge is 0.164 e. The lowest BCUT2D eigenvalue weighted by molar-refractivity contribution is -0.149. The van der Waals surface area contributed by atoms with Gasteiger partial charge in [0.15, 0.2) is 5.79 Å². The molecule has 0 aromatic heterocycles. The summed E-state index contributed by atoms with van der Waals surface area (Å²) in [6.45, 7) is 13.7. The zero-order chi connectivity index (χ0) is 13.3. The van der Waals surface area contributed by atoms with E-state index in [0.717, 1.165) is 0 Å². The third kappa shape index (κ3) is 4.28. The Hall–Kier alpha value is -0.603. The highest BCUT2D eigenvalue weighted by atomic mass is 28.3. The molecule has 1 fully saturated rings. The summed E-state index contributed by atoms with van der Waals surface area (Å²) in [7, 11) is -1.48. The van der Waals surface area contributed by atoms with Crippen LogP contribution in [0, 0.1) is 11.5 Å². The largest absolute Gasteiger partial charge is 0.378 e. The quantitative estimate of drug-likeness (QED) is 0.465. The number of ether oxygens (including phenoxy) is 2. The molecule has 0 aromatic carbocycles. The normalized spacial score (nSPS) is 29.3. The molecule has 0 bridgehead atoms. The lowest BCUT2D eigenvalue weighted by atomic mass is 10.1. The van der Waals surface area contributed by atoms with Crippen molar-refractivity contribution in [2.45, 2.75) is 57.6 Å². The molecule has 0 amide bonds. The summed E-state index contributed by atoms with van der Waals surface area (Å²) in [6.07, 6.45) is 0.0625. The van der Waals surface area contributed by atoms with Crippen molar-refractivity contribution in [3.8, 4) is 11.5 Å². The highest BCUT2D eigenvalue weighted by Crippen LogP contribution is 2.30. The van der Waals surface area contributed by atoms with Gasteiger partial charge < -0.3 is 14.6 Å². The van der Waals surface area contributed by atoms with Gasteiger partial charge in [0.05, 0.1) is 0 Å². The number of rotatable bonds is 2. The molecule has 1 saturated heterocycles. The van der Waals surface area contributed by atoms with Crippen LogP contribution in [-0.4, -0.2) is 37.3 Å². The van der Waals surface area contributed by atoms with Gasteiger partial charge in [0.1, 0.15) is 26.4 Å². The number of hydrogen-bond donors (Lipinski definition) is 1. The monoisotopic (exact) mass is 254 g/mol. The SMILES string of the molecule is C=C[C@H]1OC(C)(C)O[C@H]1[C@@H](O)C#C[Si](C)(C)C. The maximum Gasteiger partial charge on any atom is 0.164 e. The molecule has 3 atom stereocenters. The van der Waals surface area contributed by atoms with Crippen LogP contribution >= 0.6 is 0 Å². The second-order valence-corrected chi connectivity index (χ2v) is 10.5. The summed E-state index contributed by atoms with van der Waals surface area (Å²) < 4.78 is 11.3. The summed E-state index contributed by atoms with van der Waals surface area (Å²) in [4.78, 5) is 0. The summed E-state index contributed by atoms with van der Waals surface area (Å²) in [6, 6.07) is 0. The van der Waals surface area contributed by atoms with Crippen LogP contribution in [0.4, 0.5) is 0 Å².